The number of benzene rings is 1. The maximum Gasteiger partial charge on any atom is 0.336 e. The lowest BCUT2D eigenvalue weighted by Gasteiger charge is -2.49. The molecule has 7 heteroatoms. The Kier molecular flexibility index (Phi) is 4.94. The van der Waals surface area contributed by atoms with Gasteiger partial charge in [-0.2, -0.15) is 0 Å². The third-order valence-electron chi connectivity index (χ3n) is 5.63. The Morgan fingerprint density at radius 1 is 1.19 bits per heavy atom. The van der Waals surface area contributed by atoms with Crippen LogP contribution < -0.4 is 0 Å². The van der Waals surface area contributed by atoms with Gasteiger partial charge in [-0.3, -0.25) is 0 Å². The molecule has 2 saturated heterocycles. The van der Waals surface area contributed by atoms with E-state index in [-0.39, 0.29) is 31.6 Å². The van der Waals surface area contributed by atoms with Crippen molar-refractivity contribution in [3.05, 3.63) is 35.9 Å². The molecule has 2 aliphatic heterocycles. The maximum atomic E-state index is 13.2. The molecule has 0 radical (unpaired) electrons. The van der Waals surface area contributed by atoms with Crippen molar-refractivity contribution < 1.29 is 24.5 Å². The number of nitrogens with zero attached hydrogens (tertiary/aromatic N) is 2. The second kappa shape index (κ2) is 6.89. The first-order valence-electron chi connectivity index (χ1n) is 8.90. The van der Waals surface area contributed by atoms with Crippen molar-refractivity contribution in [1.82, 2.24) is 9.80 Å². The normalized spacial score (nSPS) is 28.7. The molecule has 1 aromatic carbocycles. The quantitative estimate of drug-likeness (QED) is 0.836. The second-order valence-corrected chi connectivity index (χ2v) is 7.70. The van der Waals surface area contributed by atoms with Gasteiger partial charge in [0.1, 0.15) is 0 Å². The molecule has 2 fully saturated rings. The number of rotatable bonds is 2. The highest BCUT2D eigenvalue weighted by Gasteiger charge is 2.54. The van der Waals surface area contributed by atoms with Crippen molar-refractivity contribution in [1.29, 1.82) is 0 Å². The van der Waals surface area contributed by atoms with E-state index in [1.807, 2.05) is 30.3 Å². The summed E-state index contributed by atoms with van der Waals surface area (Å²) in [7, 11) is 0. The van der Waals surface area contributed by atoms with Crippen LogP contribution in [0.4, 0.5) is 4.79 Å². The van der Waals surface area contributed by atoms with Crippen LogP contribution in [0.2, 0.25) is 0 Å². The molecule has 2 N–H and O–H groups in total. The van der Waals surface area contributed by atoms with E-state index in [0.29, 0.717) is 19.8 Å². The number of morpholine rings is 1. The average Bonchev–Trinajstić information content (AvgIpc) is 2.64. The molecule has 26 heavy (non-hydrogen) atoms. The third-order valence-corrected chi connectivity index (χ3v) is 5.63. The lowest BCUT2D eigenvalue weighted by atomic mass is 9.70. The van der Waals surface area contributed by atoms with E-state index in [1.165, 1.54) is 0 Å². The minimum absolute atomic E-state index is 0.0153. The fraction of sp³-hybridized carbons (Fsp3) is 0.579. The Balaban J connectivity index is 1.79. The predicted molar refractivity (Wildman–Crippen MR) is 94.7 cm³/mol. The minimum atomic E-state index is -1.83. The zero-order valence-electron chi connectivity index (χ0n) is 15.2. The molecule has 0 spiro atoms. The van der Waals surface area contributed by atoms with Gasteiger partial charge in [0.25, 0.3) is 0 Å². The van der Waals surface area contributed by atoms with Gasteiger partial charge in [-0.05, 0) is 5.56 Å². The van der Waals surface area contributed by atoms with Crippen LogP contribution in [0.25, 0.3) is 0 Å². The van der Waals surface area contributed by atoms with E-state index in [4.69, 9.17) is 4.74 Å². The van der Waals surface area contributed by atoms with E-state index < -0.39 is 17.0 Å². The lowest BCUT2D eigenvalue weighted by molar-refractivity contribution is -0.182. The van der Waals surface area contributed by atoms with Gasteiger partial charge in [0.2, 0.25) is 0 Å². The van der Waals surface area contributed by atoms with Crippen molar-refractivity contribution in [2.24, 2.45) is 5.41 Å². The zero-order valence-corrected chi connectivity index (χ0v) is 15.2. The molecule has 2 amide bonds. The number of amides is 2. The molecule has 2 heterocycles. The highest BCUT2D eigenvalue weighted by Crippen LogP contribution is 2.39. The van der Waals surface area contributed by atoms with Crippen LogP contribution in [0.5, 0.6) is 0 Å². The first-order valence-corrected chi connectivity index (χ1v) is 8.90. The number of hydrogen-bond acceptors (Lipinski definition) is 4. The maximum absolute atomic E-state index is 13.2. The number of carbonyl (C=O) groups excluding carboxylic acids is 1. The van der Waals surface area contributed by atoms with Crippen LogP contribution in [-0.2, 0) is 9.53 Å². The van der Waals surface area contributed by atoms with Crippen LogP contribution in [0.1, 0.15) is 31.9 Å². The molecule has 3 rings (SSSR count). The number of hydrogen-bond donors (Lipinski definition) is 2. The number of likely N-dealkylation sites (tertiary alicyclic amines) is 1. The number of carboxylic acids is 1. The summed E-state index contributed by atoms with van der Waals surface area (Å²) < 4.78 is 5.58. The Morgan fingerprint density at radius 3 is 2.50 bits per heavy atom. The summed E-state index contributed by atoms with van der Waals surface area (Å²) in [6, 6.07) is 9.45. The molecule has 2 aliphatic rings. The lowest BCUT2D eigenvalue weighted by Crippen LogP contribution is -2.64. The monoisotopic (exact) mass is 362 g/mol. The fourth-order valence-electron chi connectivity index (χ4n) is 3.85. The Bertz CT molecular complexity index is 678. The average molecular weight is 362 g/mol. The van der Waals surface area contributed by atoms with Gasteiger partial charge in [0.15, 0.2) is 5.60 Å². The zero-order chi connectivity index (χ0) is 18.9. The second-order valence-electron chi connectivity index (χ2n) is 7.70. The van der Waals surface area contributed by atoms with Crippen LogP contribution in [0, 0.1) is 5.41 Å². The van der Waals surface area contributed by atoms with Crippen LogP contribution >= 0.6 is 0 Å². The van der Waals surface area contributed by atoms with E-state index in [2.05, 4.69) is 0 Å². The number of carbonyl (C=O) groups is 2. The highest BCUT2D eigenvalue weighted by atomic mass is 16.5. The van der Waals surface area contributed by atoms with E-state index in [9.17, 15) is 19.8 Å². The third kappa shape index (κ3) is 3.17. The molecule has 7 nitrogen and oxygen atoms in total. The summed E-state index contributed by atoms with van der Waals surface area (Å²) >= 11 is 0. The molecule has 2 atom stereocenters. The summed E-state index contributed by atoms with van der Waals surface area (Å²) in [6.45, 7) is 5.18. The van der Waals surface area contributed by atoms with Crippen molar-refractivity contribution in [3.63, 3.8) is 0 Å². The van der Waals surface area contributed by atoms with Gasteiger partial charge >= 0.3 is 12.0 Å². The fourth-order valence-corrected chi connectivity index (χ4v) is 3.85. The Labute approximate surface area is 153 Å². The summed E-state index contributed by atoms with van der Waals surface area (Å²) in [5.41, 5.74) is -1.76. The number of ether oxygens (including phenoxy) is 1. The molecule has 0 saturated carbocycles. The molecular weight excluding hydrogens is 336 g/mol. The predicted octanol–water partition coefficient (Wildman–Crippen LogP) is 1.73. The molecule has 1 aromatic rings. The van der Waals surface area contributed by atoms with Gasteiger partial charge < -0.3 is 24.7 Å². The summed E-state index contributed by atoms with van der Waals surface area (Å²) in [4.78, 5) is 28.1. The first kappa shape index (κ1) is 18.7. The SMILES string of the molecule is CC1(C)CN(C(=O)N2CCOC[C@H]2c2ccccc2)CC[C@@]1(O)C(=O)O. The summed E-state index contributed by atoms with van der Waals surface area (Å²) in [5, 5.41) is 20.0. The van der Waals surface area contributed by atoms with Crippen molar-refractivity contribution in [2.75, 3.05) is 32.8 Å². The number of urea groups is 1. The summed E-state index contributed by atoms with van der Waals surface area (Å²) in [5.74, 6) is -1.23. The van der Waals surface area contributed by atoms with Gasteiger partial charge in [-0.1, -0.05) is 44.2 Å². The Hall–Kier alpha value is -2.12. The van der Waals surface area contributed by atoms with Gasteiger partial charge in [-0.25, -0.2) is 9.59 Å². The van der Waals surface area contributed by atoms with E-state index >= 15 is 0 Å². The number of aliphatic hydroxyl groups is 1. The van der Waals surface area contributed by atoms with Crippen molar-refractivity contribution in [3.8, 4) is 0 Å². The van der Waals surface area contributed by atoms with Gasteiger partial charge in [0.05, 0.1) is 19.3 Å². The van der Waals surface area contributed by atoms with Crippen LogP contribution in [-0.4, -0.2) is 70.5 Å². The molecule has 142 valence electrons. The standard InChI is InChI=1S/C19H26N2O5/c1-18(2)13-20(9-8-19(18,25)16(22)23)17(24)21-10-11-26-12-15(21)14-6-4-3-5-7-14/h3-7,15,25H,8-13H2,1-2H3,(H,22,23)/t15-,19+/m0/s1. The molecule has 0 aromatic heterocycles. The van der Waals surface area contributed by atoms with E-state index in [1.54, 1.807) is 23.6 Å². The molecule has 0 unspecified atom stereocenters. The number of piperidine rings is 1. The first-order chi connectivity index (χ1) is 12.3. The van der Waals surface area contributed by atoms with Gasteiger partial charge in [-0.15, -0.1) is 0 Å². The summed E-state index contributed by atoms with van der Waals surface area (Å²) in [6.07, 6.45) is 0.0153. The largest absolute Gasteiger partial charge is 0.479 e. The van der Waals surface area contributed by atoms with E-state index in [0.717, 1.165) is 5.56 Å². The van der Waals surface area contributed by atoms with Gasteiger partial charge in [0, 0.05) is 31.5 Å². The van der Waals surface area contributed by atoms with Crippen molar-refractivity contribution >= 4 is 12.0 Å². The molecule has 0 bridgehead atoms. The minimum Gasteiger partial charge on any atom is -0.479 e. The van der Waals surface area contributed by atoms with Crippen molar-refractivity contribution in [2.45, 2.75) is 31.9 Å². The molecule has 0 aliphatic carbocycles. The van der Waals surface area contributed by atoms with Crippen LogP contribution in [0.3, 0.4) is 0 Å². The Morgan fingerprint density at radius 2 is 1.88 bits per heavy atom. The number of carboxylic acid groups (broad SMARTS) is 1. The molecular formula is C19H26N2O5. The number of aliphatic carboxylic acids is 1. The highest BCUT2D eigenvalue weighted by molar-refractivity contribution is 5.80. The smallest absolute Gasteiger partial charge is 0.336 e. The topological polar surface area (TPSA) is 90.3 Å². The van der Waals surface area contributed by atoms with Crippen LogP contribution in [0.15, 0.2) is 30.3 Å².